The number of amides is 1. The van der Waals surface area contributed by atoms with Crippen LogP contribution in [0.4, 0.5) is 0 Å². The lowest BCUT2D eigenvalue weighted by Gasteiger charge is -2.17. The summed E-state index contributed by atoms with van der Waals surface area (Å²) in [6.45, 7) is 4.23. The average Bonchev–Trinajstić information content (AvgIpc) is 2.15. The van der Waals surface area contributed by atoms with Crippen LogP contribution < -0.4 is 11.1 Å². The van der Waals surface area contributed by atoms with Crippen LogP contribution in [0.15, 0.2) is 0 Å². The predicted molar refractivity (Wildman–Crippen MR) is 64.3 cm³/mol. The summed E-state index contributed by atoms with van der Waals surface area (Å²) in [4.78, 5) is 22.6. The van der Waals surface area contributed by atoms with Gasteiger partial charge in [0, 0.05) is 13.0 Å². The highest BCUT2D eigenvalue weighted by Crippen LogP contribution is 2.06. The zero-order valence-electron chi connectivity index (χ0n) is 9.99. The van der Waals surface area contributed by atoms with Crippen LogP contribution in [0.3, 0.4) is 0 Å². The van der Waals surface area contributed by atoms with Crippen LogP contribution in [0, 0.1) is 5.92 Å². The Morgan fingerprint density at radius 1 is 1.38 bits per heavy atom. The molecular weight excluding hydrogens is 232 g/mol. The molecule has 0 aliphatic carbocycles. The van der Waals surface area contributed by atoms with Gasteiger partial charge in [-0.05, 0) is 12.3 Å². The molecule has 0 aliphatic rings. The molecule has 0 saturated carbocycles. The van der Waals surface area contributed by atoms with E-state index >= 15 is 0 Å². The van der Waals surface area contributed by atoms with Crippen molar-refractivity contribution >= 4 is 24.3 Å². The molecule has 0 aromatic rings. The van der Waals surface area contributed by atoms with Crippen molar-refractivity contribution in [3.8, 4) is 0 Å². The van der Waals surface area contributed by atoms with E-state index in [0.717, 1.165) is 0 Å². The second-order valence-electron chi connectivity index (χ2n) is 3.81. The second kappa shape index (κ2) is 9.42. The Morgan fingerprint density at radius 2 is 1.94 bits per heavy atom. The molecule has 0 bridgehead atoms. The number of hydrogen-bond acceptors (Lipinski definition) is 4. The maximum absolute atomic E-state index is 11.3. The summed E-state index contributed by atoms with van der Waals surface area (Å²) in [6.07, 6.45) is 0.800. The number of ether oxygens (including phenoxy) is 1. The third-order valence-corrected chi connectivity index (χ3v) is 1.90. The number of carbonyl (C=O) groups excluding carboxylic acids is 2. The topological polar surface area (TPSA) is 81.4 Å². The Morgan fingerprint density at radius 3 is 2.31 bits per heavy atom. The van der Waals surface area contributed by atoms with Gasteiger partial charge < -0.3 is 15.8 Å². The predicted octanol–water partition coefficient (Wildman–Crippen LogP) is 0.461. The smallest absolute Gasteiger partial charge is 0.328 e. The monoisotopic (exact) mass is 252 g/mol. The fourth-order valence-corrected chi connectivity index (χ4v) is 1.23. The molecule has 0 rings (SSSR count). The van der Waals surface area contributed by atoms with E-state index in [1.54, 1.807) is 0 Å². The molecule has 5 nitrogen and oxygen atoms in total. The van der Waals surface area contributed by atoms with E-state index in [4.69, 9.17) is 5.73 Å². The summed E-state index contributed by atoms with van der Waals surface area (Å²) in [7, 11) is 1.31. The molecule has 0 heterocycles. The first-order valence-electron chi connectivity index (χ1n) is 5.08. The number of rotatable bonds is 6. The normalized spacial score (nSPS) is 11.6. The van der Waals surface area contributed by atoms with E-state index < -0.39 is 12.0 Å². The molecule has 0 aliphatic heterocycles. The maximum atomic E-state index is 11.3. The highest BCUT2D eigenvalue weighted by molar-refractivity contribution is 5.85. The van der Waals surface area contributed by atoms with E-state index in [0.29, 0.717) is 12.3 Å². The lowest BCUT2D eigenvalue weighted by Crippen LogP contribution is -2.42. The van der Waals surface area contributed by atoms with Gasteiger partial charge in [0.15, 0.2) is 0 Å². The molecule has 1 atom stereocenters. The molecular formula is C10H21ClN2O3. The van der Waals surface area contributed by atoms with Crippen LogP contribution in [-0.2, 0) is 14.3 Å². The number of carbonyl (C=O) groups is 2. The summed E-state index contributed by atoms with van der Waals surface area (Å²) < 4.78 is 4.61. The Balaban J connectivity index is 0. The van der Waals surface area contributed by atoms with E-state index in [2.05, 4.69) is 10.1 Å². The van der Waals surface area contributed by atoms with Gasteiger partial charge in [0.25, 0.3) is 0 Å². The standard InChI is InChI=1S/C10H20N2O3.ClH/c1-7(2)6-8(10(14)15-3)12-9(13)4-5-11;/h7-8H,4-6,11H2,1-3H3,(H,12,13);1H. The van der Waals surface area contributed by atoms with Crippen LogP contribution in [0.25, 0.3) is 0 Å². The number of nitrogens with one attached hydrogen (secondary N) is 1. The van der Waals surface area contributed by atoms with E-state index in [1.807, 2.05) is 13.8 Å². The summed E-state index contributed by atoms with van der Waals surface area (Å²) >= 11 is 0. The van der Waals surface area contributed by atoms with Crippen molar-refractivity contribution in [3.05, 3.63) is 0 Å². The molecule has 0 aromatic heterocycles. The number of nitrogens with two attached hydrogens (primary N) is 1. The first-order valence-corrected chi connectivity index (χ1v) is 5.08. The van der Waals surface area contributed by atoms with Gasteiger partial charge in [-0.1, -0.05) is 13.8 Å². The molecule has 3 N–H and O–H groups in total. The van der Waals surface area contributed by atoms with Crippen molar-refractivity contribution < 1.29 is 14.3 Å². The molecule has 96 valence electrons. The van der Waals surface area contributed by atoms with Crippen LogP contribution in [0.1, 0.15) is 26.7 Å². The summed E-state index contributed by atoms with van der Waals surface area (Å²) in [5.41, 5.74) is 5.24. The summed E-state index contributed by atoms with van der Waals surface area (Å²) in [5.74, 6) is -0.310. The van der Waals surface area contributed by atoms with Crippen molar-refractivity contribution in [1.29, 1.82) is 0 Å². The minimum Gasteiger partial charge on any atom is -0.467 e. The fourth-order valence-electron chi connectivity index (χ4n) is 1.23. The minimum absolute atomic E-state index is 0. The third-order valence-electron chi connectivity index (χ3n) is 1.90. The summed E-state index contributed by atoms with van der Waals surface area (Å²) in [6, 6.07) is -0.561. The van der Waals surface area contributed by atoms with E-state index in [1.165, 1.54) is 7.11 Å². The lowest BCUT2D eigenvalue weighted by molar-refractivity contribution is -0.145. The van der Waals surface area contributed by atoms with Gasteiger partial charge in [-0.3, -0.25) is 4.79 Å². The summed E-state index contributed by atoms with van der Waals surface area (Å²) in [5, 5.41) is 2.61. The first-order chi connectivity index (χ1) is 7.01. The quantitative estimate of drug-likeness (QED) is 0.673. The van der Waals surface area contributed by atoms with Crippen LogP contribution in [0.5, 0.6) is 0 Å². The van der Waals surface area contributed by atoms with E-state index in [9.17, 15) is 9.59 Å². The molecule has 1 unspecified atom stereocenters. The Labute approximate surface area is 103 Å². The van der Waals surface area contributed by atoms with Gasteiger partial charge in [-0.15, -0.1) is 12.4 Å². The molecule has 0 aromatic carbocycles. The number of esters is 1. The van der Waals surface area contributed by atoms with Gasteiger partial charge in [0.1, 0.15) is 6.04 Å². The SMILES string of the molecule is COC(=O)C(CC(C)C)NC(=O)CCN.Cl. The van der Waals surface area contributed by atoms with Crippen LogP contribution in [0.2, 0.25) is 0 Å². The maximum Gasteiger partial charge on any atom is 0.328 e. The molecule has 1 amide bonds. The second-order valence-corrected chi connectivity index (χ2v) is 3.81. The fraction of sp³-hybridized carbons (Fsp3) is 0.800. The van der Waals surface area contributed by atoms with Gasteiger partial charge >= 0.3 is 5.97 Å². The lowest BCUT2D eigenvalue weighted by atomic mass is 10.0. The first kappa shape index (κ1) is 17.6. The highest BCUT2D eigenvalue weighted by atomic mass is 35.5. The molecule has 16 heavy (non-hydrogen) atoms. The third kappa shape index (κ3) is 7.48. The number of hydrogen-bond donors (Lipinski definition) is 2. The van der Waals surface area contributed by atoms with Crippen molar-refractivity contribution in [3.63, 3.8) is 0 Å². The molecule has 6 heteroatoms. The van der Waals surface area contributed by atoms with Crippen LogP contribution >= 0.6 is 12.4 Å². The zero-order valence-corrected chi connectivity index (χ0v) is 10.8. The molecule has 0 saturated heterocycles. The molecule has 0 spiro atoms. The van der Waals surface area contributed by atoms with Gasteiger partial charge in [-0.2, -0.15) is 0 Å². The molecule has 0 fully saturated rings. The molecule has 0 radical (unpaired) electrons. The number of methoxy groups -OCH3 is 1. The van der Waals surface area contributed by atoms with Crippen molar-refractivity contribution in [2.45, 2.75) is 32.7 Å². The van der Waals surface area contributed by atoms with Gasteiger partial charge in [0.05, 0.1) is 7.11 Å². The Bertz CT molecular complexity index is 222. The zero-order chi connectivity index (χ0) is 11.8. The van der Waals surface area contributed by atoms with Gasteiger partial charge in [0.2, 0.25) is 5.91 Å². The number of halogens is 1. The van der Waals surface area contributed by atoms with Crippen molar-refractivity contribution in [1.82, 2.24) is 5.32 Å². The highest BCUT2D eigenvalue weighted by Gasteiger charge is 2.21. The van der Waals surface area contributed by atoms with Gasteiger partial charge in [-0.25, -0.2) is 4.79 Å². The largest absolute Gasteiger partial charge is 0.467 e. The average molecular weight is 253 g/mol. The van der Waals surface area contributed by atoms with E-state index in [-0.39, 0.29) is 31.3 Å². The van der Waals surface area contributed by atoms with Crippen molar-refractivity contribution in [2.75, 3.05) is 13.7 Å². The van der Waals surface area contributed by atoms with Crippen molar-refractivity contribution in [2.24, 2.45) is 11.7 Å². The van der Waals surface area contributed by atoms with Crippen LogP contribution in [-0.4, -0.2) is 31.6 Å². The minimum atomic E-state index is -0.561. The Kier molecular flexibility index (Phi) is 10.3. The Hall–Kier alpha value is -0.810.